The average molecular weight is 383 g/mol. The van der Waals surface area contributed by atoms with E-state index in [2.05, 4.69) is 9.72 Å². The highest BCUT2D eigenvalue weighted by Gasteiger charge is 2.11. The number of carbonyl (C=O) groups is 1. The zero-order chi connectivity index (χ0) is 18.4. The van der Waals surface area contributed by atoms with Crippen LogP contribution in [0.1, 0.15) is 27.2 Å². The van der Waals surface area contributed by atoms with Crippen molar-refractivity contribution < 1.29 is 17.9 Å². The summed E-state index contributed by atoms with van der Waals surface area (Å²) in [5.41, 5.74) is 2.84. The lowest BCUT2D eigenvalue weighted by atomic mass is 10.1. The van der Waals surface area contributed by atoms with Crippen LogP contribution in [0.5, 0.6) is 0 Å². The van der Waals surface area contributed by atoms with Crippen molar-refractivity contribution >= 4 is 28.5 Å². The van der Waals surface area contributed by atoms with Crippen molar-refractivity contribution in [2.24, 2.45) is 0 Å². The molecule has 1 aromatic heterocycles. The molecule has 1 heterocycles. The summed E-state index contributed by atoms with van der Waals surface area (Å²) >= 11 is 6.00. The highest BCUT2D eigenvalue weighted by Crippen LogP contribution is 2.17. The van der Waals surface area contributed by atoms with Crippen molar-refractivity contribution in [3.63, 3.8) is 0 Å². The zero-order valence-electron chi connectivity index (χ0n) is 13.9. The minimum atomic E-state index is -2.75. The van der Waals surface area contributed by atoms with E-state index in [9.17, 15) is 13.2 Å². The van der Waals surface area contributed by atoms with E-state index in [-0.39, 0.29) is 6.54 Å². The van der Waals surface area contributed by atoms with E-state index in [1.54, 1.807) is 18.2 Å². The Bertz CT molecular complexity index is 814. The Labute approximate surface area is 153 Å². The van der Waals surface area contributed by atoms with E-state index < -0.39 is 16.9 Å². The Kier molecular flexibility index (Phi) is 6.92. The van der Waals surface area contributed by atoms with E-state index >= 15 is 0 Å². The van der Waals surface area contributed by atoms with Gasteiger partial charge in [0.1, 0.15) is 0 Å². The third-order valence-corrected chi connectivity index (χ3v) is 4.93. The molecule has 8 heteroatoms. The number of esters is 1. The van der Waals surface area contributed by atoms with E-state index in [4.69, 9.17) is 11.6 Å². The number of pyridine rings is 1. The van der Waals surface area contributed by atoms with Crippen molar-refractivity contribution in [3.8, 4) is 0 Å². The average Bonchev–Trinajstić information content (AvgIpc) is 2.61. The first kappa shape index (κ1) is 19.4. The molecule has 25 heavy (non-hydrogen) atoms. The van der Waals surface area contributed by atoms with Crippen molar-refractivity contribution in [2.45, 2.75) is 19.9 Å². The summed E-state index contributed by atoms with van der Waals surface area (Å²) in [6.07, 6.45) is 1.95. The van der Waals surface area contributed by atoms with Gasteiger partial charge in [0, 0.05) is 17.8 Å². The number of hydrogen-bond acceptors (Lipinski definition) is 5. The minimum absolute atomic E-state index is 0.146. The normalized spacial score (nSPS) is 11.1. The van der Waals surface area contributed by atoms with Gasteiger partial charge in [0.2, 0.25) is 10.9 Å². The number of methoxy groups -OCH3 is 1. The monoisotopic (exact) mass is 382 g/mol. The molecule has 0 aliphatic heterocycles. The molecular formula is C17H19ClN2O4S. The highest BCUT2D eigenvalue weighted by molar-refractivity contribution is 7.69. The number of hydrogen-bond donors (Lipinski definition) is 1. The molecule has 2 aromatic rings. The van der Waals surface area contributed by atoms with Crippen LogP contribution < -0.4 is 0 Å². The number of benzene rings is 1. The second kappa shape index (κ2) is 8.94. The number of thiol groups is 1. The number of carbonyl (C=O) groups excluding carboxylic acids is 1. The van der Waals surface area contributed by atoms with Crippen LogP contribution in [-0.2, 0) is 28.6 Å². The van der Waals surface area contributed by atoms with Gasteiger partial charge in [0.05, 0.1) is 24.9 Å². The molecule has 1 aromatic carbocycles. The summed E-state index contributed by atoms with van der Waals surface area (Å²) in [5, 5.41) is 0.686. The van der Waals surface area contributed by atoms with Crippen LogP contribution in [0.3, 0.4) is 0 Å². The SMILES string of the molecule is COC(=O)c1ccc(CN(CCc2ccc(Cl)c(C)c2)[SH](=O)=O)nc1. The van der Waals surface area contributed by atoms with Crippen LogP contribution >= 0.6 is 11.6 Å². The molecular weight excluding hydrogens is 364 g/mol. The summed E-state index contributed by atoms with van der Waals surface area (Å²) in [4.78, 5) is 15.5. The van der Waals surface area contributed by atoms with E-state index in [0.29, 0.717) is 29.2 Å². The molecule has 0 bridgehead atoms. The third kappa shape index (κ3) is 5.52. The fourth-order valence-corrected chi connectivity index (χ4v) is 2.92. The van der Waals surface area contributed by atoms with Crippen molar-refractivity contribution in [1.82, 2.24) is 9.29 Å². The Morgan fingerprint density at radius 1 is 1.28 bits per heavy atom. The molecule has 0 aliphatic carbocycles. The van der Waals surface area contributed by atoms with Gasteiger partial charge in [-0.1, -0.05) is 23.7 Å². The molecule has 2 rings (SSSR count). The van der Waals surface area contributed by atoms with Crippen LogP contribution in [0.15, 0.2) is 36.5 Å². The molecule has 0 N–H and O–H groups in total. The number of aryl methyl sites for hydroxylation is 1. The standard InChI is InChI=1S/C17H19ClN2O4S/c1-12-9-13(3-6-16(12)18)7-8-20(25(22)23)11-15-5-4-14(10-19-15)17(21)24-2/h3-6,9-10,25H,7-8,11H2,1-2H3. The molecule has 0 aliphatic rings. The lowest BCUT2D eigenvalue weighted by molar-refractivity contribution is 0.0600. The summed E-state index contributed by atoms with van der Waals surface area (Å²) in [6.45, 7) is 2.39. The van der Waals surface area contributed by atoms with Gasteiger partial charge in [-0.3, -0.25) is 4.98 Å². The number of nitrogens with zero attached hydrogens (tertiary/aromatic N) is 2. The molecule has 0 saturated heterocycles. The van der Waals surface area contributed by atoms with Crippen LogP contribution in [0.4, 0.5) is 0 Å². The molecule has 0 fully saturated rings. The Balaban J connectivity index is 2.03. The van der Waals surface area contributed by atoms with E-state index in [0.717, 1.165) is 11.1 Å². The fraction of sp³-hybridized carbons (Fsp3) is 0.294. The molecule has 6 nitrogen and oxygen atoms in total. The van der Waals surface area contributed by atoms with Crippen molar-refractivity contribution in [3.05, 3.63) is 63.9 Å². The Morgan fingerprint density at radius 2 is 2.04 bits per heavy atom. The maximum absolute atomic E-state index is 11.5. The molecule has 134 valence electrons. The summed E-state index contributed by atoms with van der Waals surface area (Å²) in [7, 11) is -1.46. The Morgan fingerprint density at radius 3 is 2.60 bits per heavy atom. The topological polar surface area (TPSA) is 76.6 Å². The lowest BCUT2D eigenvalue weighted by Gasteiger charge is -2.15. The van der Waals surface area contributed by atoms with E-state index in [1.165, 1.54) is 17.6 Å². The molecule has 0 unspecified atom stereocenters. The molecule has 0 saturated carbocycles. The molecule has 0 radical (unpaired) electrons. The Hall–Kier alpha value is -1.96. The number of ether oxygens (including phenoxy) is 1. The van der Waals surface area contributed by atoms with Crippen molar-refractivity contribution in [1.29, 1.82) is 0 Å². The number of aromatic nitrogens is 1. The van der Waals surface area contributed by atoms with Gasteiger partial charge in [-0.05, 0) is 42.7 Å². The predicted molar refractivity (Wildman–Crippen MR) is 96.2 cm³/mol. The second-order valence-corrected chi connectivity index (χ2v) is 6.94. The maximum atomic E-state index is 11.5. The molecule has 0 atom stereocenters. The zero-order valence-corrected chi connectivity index (χ0v) is 15.6. The highest BCUT2D eigenvalue weighted by atomic mass is 35.5. The summed E-state index contributed by atoms with van der Waals surface area (Å²) in [5.74, 6) is -0.482. The molecule has 0 spiro atoms. The van der Waals surface area contributed by atoms with Gasteiger partial charge in [-0.2, -0.15) is 4.31 Å². The molecule has 0 amide bonds. The summed E-state index contributed by atoms with van der Waals surface area (Å²) in [6, 6.07) is 8.81. The van der Waals surface area contributed by atoms with Gasteiger partial charge in [0.25, 0.3) is 0 Å². The van der Waals surface area contributed by atoms with E-state index in [1.807, 2.05) is 19.1 Å². The van der Waals surface area contributed by atoms with Crippen LogP contribution in [0.2, 0.25) is 5.02 Å². The second-order valence-electron chi connectivity index (χ2n) is 5.49. The lowest BCUT2D eigenvalue weighted by Crippen LogP contribution is -2.24. The van der Waals surface area contributed by atoms with Crippen LogP contribution in [0, 0.1) is 6.92 Å². The third-order valence-electron chi connectivity index (χ3n) is 3.70. The maximum Gasteiger partial charge on any atom is 0.339 e. The van der Waals surface area contributed by atoms with Crippen LogP contribution in [0.25, 0.3) is 0 Å². The smallest absolute Gasteiger partial charge is 0.339 e. The summed E-state index contributed by atoms with van der Waals surface area (Å²) < 4.78 is 28.9. The van der Waals surface area contributed by atoms with Gasteiger partial charge >= 0.3 is 5.97 Å². The fourth-order valence-electron chi connectivity index (χ4n) is 2.28. The predicted octanol–water partition coefficient (Wildman–Crippen LogP) is 2.40. The quantitative estimate of drug-likeness (QED) is 0.587. The van der Waals surface area contributed by atoms with Gasteiger partial charge < -0.3 is 4.74 Å². The first-order valence-corrected chi connectivity index (χ1v) is 9.09. The van der Waals surface area contributed by atoms with Gasteiger partial charge in [-0.25, -0.2) is 13.2 Å². The first-order valence-electron chi connectivity index (χ1n) is 7.58. The number of rotatable bonds is 7. The number of halogens is 1. The van der Waals surface area contributed by atoms with Gasteiger partial charge in [-0.15, -0.1) is 0 Å². The van der Waals surface area contributed by atoms with Gasteiger partial charge in [0.15, 0.2) is 0 Å². The van der Waals surface area contributed by atoms with Crippen LogP contribution in [-0.4, -0.2) is 37.3 Å². The largest absolute Gasteiger partial charge is 0.465 e. The minimum Gasteiger partial charge on any atom is -0.465 e. The van der Waals surface area contributed by atoms with Crippen molar-refractivity contribution in [2.75, 3.05) is 13.7 Å². The first-order chi connectivity index (χ1) is 11.9.